The van der Waals surface area contributed by atoms with Gasteiger partial charge in [0.05, 0.1) is 9.79 Å². The van der Waals surface area contributed by atoms with Crippen molar-refractivity contribution < 1.29 is 21.6 Å². The van der Waals surface area contributed by atoms with E-state index in [2.05, 4.69) is 10.0 Å². The lowest BCUT2D eigenvalue weighted by Crippen LogP contribution is -2.36. The molecule has 0 saturated carbocycles. The molecule has 34 heavy (non-hydrogen) atoms. The van der Waals surface area contributed by atoms with E-state index in [1.807, 2.05) is 6.07 Å². The molecule has 0 aliphatic carbocycles. The van der Waals surface area contributed by atoms with Gasteiger partial charge >= 0.3 is 0 Å². The average molecular weight is 500 g/mol. The molecule has 10 heteroatoms. The summed E-state index contributed by atoms with van der Waals surface area (Å²) in [6.45, 7) is 2.25. The van der Waals surface area contributed by atoms with E-state index in [4.69, 9.17) is 0 Å². The van der Waals surface area contributed by atoms with Crippen LogP contribution in [0.1, 0.15) is 24.5 Å². The SMILES string of the molecule is CCC(=O)Nc1ccc(S(=O)(=O)Nc2ccc3c(c2)CN(S(=O)(=O)c2ccccc2)CC3)cc1. The highest BCUT2D eigenvalue weighted by molar-refractivity contribution is 7.92. The van der Waals surface area contributed by atoms with Crippen molar-refractivity contribution in [3.05, 3.63) is 83.9 Å². The average Bonchev–Trinajstić information content (AvgIpc) is 2.84. The van der Waals surface area contributed by atoms with Gasteiger partial charge < -0.3 is 5.32 Å². The Kier molecular flexibility index (Phi) is 6.74. The van der Waals surface area contributed by atoms with Gasteiger partial charge in [0.15, 0.2) is 0 Å². The highest BCUT2D eigenvalue weighted by Crippen LogP contribution is 2.28. The molecule has 0 fully saturated rings. The van der Waals surface area contributed by atoms with Gasteiger partial charge in [0.2, 0.25) is 15.9 Å². The maximum Gasteiger partial charge on any atom is 0.261 e. The van der Waals surface area contributed by atoms with Gasteiger partial charge in [-0.2, -0.15) is 4.31 Å². The van der Waals surface area contributed by atoms with E-state index in [1.165, 1.54) is 28.6 Å². The molecule has 3 aromatic carbocycles. The van der Waals surface area contributed by atoms with Gasteiger partial charge in [-0.05, 0) is 66.1 Å². The minimum atomic E-state index is -3.87. The number of sulfonamides is 2. The molecule has 1 aliphatic rings. The first kappa shape index (κ1) is 23.9. The van der Waals surface area contributed by atoms with Crippen LogP contribution in [0.4, 0.5) is 11.4 Å². The van der Waals surface area contributed by atoms with Gasteiger partial charge in [-0.1, -0.05) is 31.2 Å². The minimum absolute atomic E-state index is 0.0491. The van der Waals surface area contributed by atoms with E-state index >= 15 is 0 Å². The number of anilines is 2. The Morgan fingerprint density at radius 2 is 1.53 bits per heavy atom. The van der Waals surface area contributed by atoms with E-state index in [1.54, 1.807) is 49.4 Å². The van der Waals surface area contributed by atoms with Crippen LogP contribution in [0.2, 0.25) is 0 Å². The predicted molar refractivity (Wildman–Crippen MR) is 130 cm³/mol. The van der Waals surface area contributed by atoms with Crippen LogP contribution in [0.15, 0.2) is 82.6 Å². The molecular weight excluding hydrogens is 474 g/mol. The van der Waals surface area contributed by atoms with Crippen LogP contribution in [-0.4, -0.2) is 33.6 Å². The second-order valence-corrected chi connectivity index (χ2v) is 11.5. The molecule has 0 radical (unpaired) electrons. The number of carbonyl (C=O) groups excluding carboxylic acids is 1. The third-order valence-electron chi connectivity index (χ3n) is 5.59. The lowest BCUT2D eigenvalue weighted by Gasteiger charge is -2.28. The fourth-order valence-electron chi connectivity index (χ4n) is 3.72. The molecule has 1 amide bonds. The number of benzene rings is 3. The molecule has 0 aromatic heterocycles. The Bertz CT molecular complexity index is 1400. The molecule has 8 nitrogen and oxygen atoms in total. The Morgan fingerprint density at radius 1 is 0.853 bits per heavy atom. The maximum absolute atomic E-state index is 13.0. The Labute approximate surface area is 199 Å². The van der Waals surface area contributed by atoms with Gasteiger partial charge in [-0.15, -0.1) is 0 Å². The standard InChI is InChI=1S/C24H25N3O5S2/c1-2-24(28)25-20-10-12-22(13-11-20)33(29,30)26-21-9-8-18-14-15-27(17-19(18)16-21)34(31,32)23-6-4-3-5-7-23/h3-13,16,26H,2,14-15,17H2,1H3,(H,25,28). The first-order valence-electron chi connectivity index (χ1n) is 10.8. The van der Waals surface area contributed by atoms with Crippen LogP contribution < -0.4 is 10.0 Å². The number of nitrogens with zero attached hydrogens (tertiary/aromatic N) is 1. The van der Waals surface area contributed by atoms with Crippen LogP contribution in [-0.2, 0) is 37.8 Å². The first-order valence-corrected chi connectivity index (χ1v) is 13.7. The van der Waals surface area contributed by atoms with E-state index in [0.717, 1.165) is 11.1 Å². The first-order chi connectivity index (χ1) is 16.2. The monoisotopic (exact) mass is 499 g/mol. The smallest absolute Gasteiger partial charge is 0.261 e. The zero-order valence-corrected chi connectivity index (χ0v) is 20.2. The minimum Gasteiger partial charge on any atom is -0.326 e. The molecule has 3 aromatic rings. The zero-order chi connectivity index (χ0) is 24.3. The summed E-state index contributed by atoms with van der Waals surface area (Å²) in [6, 6.07) is 19.3. The second-order valence-electron chi connectivity index (χ2n) is 7.92. The van der Waals surface area contributed by atoms with E-state index in [9.17, 15) is 21.6 Å². The quantitative estimate of drug-likeness (QED) is 0.516. The number of hydrogen-bond donors (Lipinski definition) is 2. The predicted octanol–water partition coefficient (Wildman–Crippen LogP) is 3.58. The third-order valence-corrected chi connectivity index (χ3v) is 8.84. The Hall–Kier alpha value is -3.21. The molecule has 1 heterocycles. The molecule has 2 N–H and O–H groups in total. The van der Waals surface area contributed by atoms with Crippen molar-refractivity contribution in [1.29, 1.82) is 0 Å². The van der Waals surface area contributed by atoms with E-state index in [0.29, 0.717) is 30.8 Å². The fourth-order valence-corrected chi connectivity index (χ4v) is 6.21. The van der Waals surface area contributed by atoms with Crippen molar-refractivity contribution in [2.75, 3.05) is 16.6 Å². The zero-order valence-electron chi connectivity index (χ0n) is 18.6. The Balaban J connectivity index is 1.52. The number of rotatable bonds is 7. The van der Waals surface area contributed by atoms with Crippen molar-refractivity contribution in [3.8, 4) is 0 Å². The van der Waals surface area contributed by atoms with Crippen molar-refractivity contribution in [1.82, 2.24) is 4.31 Å². The fraction of sp³-hybridized carbons (Fsp3) is 0.208. The van der Waals surface area contributed by atoms with E-state index < -0.39 is 20.0 Å². The van der Waals surface area contributed by atoms with Crippen molar-refractivity contribution in [3.63, 3.8) is 0 Å². The third kappa shape index (κ3) is 5.14. The highest BCUT2D eigenvalue weighted by Gasteiger charge is 2.28. The van der Waals surface area contributed by atoms with Crippen molar-refractivity contribution in [2.45, 2.75) is 36.1 Å². The van der Waals surface area contributed by atoms with Gasteiger partial charge in [0.1, 0.15) is 0 Å². The summed E-state index contributed by atoms with van der Waals surface area (Å²) in [5, 5.41) is 2.67. The molecule has 1 aliphatic heterocycles. The van der Waals surface area contributed by atoms with Crippen LogP contribution in [0.25, 0.3) is 0 Å². The van der Waals surface area contributed by atoms with Crippen molar-refractivity contribution >= 4 is 37.3 Å². The van der Waals surface area contributed by atoms with Gasteiger partial charge in [-0.25, -0.2) is 16.8 Å². The highest BCUT2D eigenvalue weighted by atomic mass is 32.2. The number of nitrogens with one attached hydrogen (secondary N) is 2. The summed E-state index contributed by atoms with van der Waals surface area (Å²) in [4.78, 5) is 11.8. The van der Waals surface area contributed by atoms with Crippen LogP contribution in [0.5, 0.6) is 0 Å². The molecule has 0 spiro atoms. The summed E-state index contributed by atoms with van der Waals surface area (Å²) < 4.78 is 55.7. The molecule has 4 rings (SSSR count). The number of amides is 1. The lowest BCUT2D eigenvalue weighted by atomic mass is 10.0. The molecule has 0 atom stereocenters. The maximum atomic E-state index is 13.0. The Morgan fingerprint density at radius 3 is 2.21 bits per heavy atom. The number of hydrogen-bond acceptors (Lipinski definition) is 5. The summed E-state index contributed by atoms with van der Waals surface area (Å²) in [6.07, 6.45) is 0.864. The van der Waals surface area contributed by atoms with Crippen LogP contribution in [0, 0.1) is 0 Å². The lowest BCUT2D eigenvalue weighted by molar-refractivity contribution is -0.115. The summed E-state index contributed by atoms with van der Waals surface area (Å²) >= 11 is 0. The number of fused-ring (bicyclic) bond motifs is 1. The largest absolute Gasteiger partial charge is 0.326 e. The second kappa shape index (κ2) is 9.57. The van der Waals surface area contributed by atoms with Crippen LogP contribution in [0.3, 0.4) is 0 Å². The van der Waals surface area contributed by atoms with Gasteiger partial charge in [0, 0.05) is 30.9 Å². The molecule has 0 saturated heterocycles. The summed E-state index contributed by atoms with van der Waals surface area (Å²) in [5.74, 6) is -0.161. The molecule has 0 bridgehead atoms. The van der Waals surface area contributed by atoms with Gasteiger partial charge in [-0.3, -0.25) is 9.52 Å². The van der Waals surface area contributed by atoms with Gasteiger partial charge in [0.25, 0.3) is 10.0 Å². The molecule has 0 unspecified atom stereocenters. The normalized spacial score (nSPS) is 14.3. The topological polar surface area (TPSA) is 113 Å². The summed E-state index contributed by atoms with van der Waals surface area (Å²) in [5.41, 5.74) is 2.60. The summed E-state index contributed by atoms with van der Waals surface area (Å²) in [7, 11) is -7.52. The van der Waals surface area contributed by atoms with E-state index in [-0.39, 0.29) is 22.2 Å². The molecular formula is C24H25N3O5S2. The number of carbonyl (C=O) groups is 1. The van der Waals surface area contributed by atoms with Crippen LogP contribution >= 0.6 is 0 Å². The van der Waals surface area contributed by atoms with Crippen molar-refractivity contribution in [2.24, 2.45) is 0 Å². The molecule has 178 valence electrons.